The molecule has 0 spiro atoms. The number of carbonyl (C=O) groups excluding carboxylic acids is 1. The minimum absolute atomic E-state index is 0.0565. The molecule has 1 aliphatic rings. The molecule has 0 atom stereocenters. The lowest BCUT2D eigenvalue weighted by Gasteiger charge is -2.34. The van der Waals surface area contributed by atoms with E-state index in [4.69, 9.17) is 0 Å². The summed E-state index contributed by atoms with van der Waals surface area (Å²) in [5, 5.41) is 3.21. The zero-order chi connectivity index (χ0) is 20.1. The van der Waals surface area contributed by atoms with E-state index >= 15 is 0 Å². The summed E-state index contributed by atoms with van der Waals surface area (Å²) in [5.74, 6) is 0.568. The van der Waals surface area contributed by atoms with E-state index in [2.05, 4.69) is 44.5 Å². The summed E-state index contributed by atoms with van der Waals surface area (Å²) in [6.07, 6.45) is 3.16. The van der Waals surface area contributed by atoms with Gasteiger partial charge in [-0.2, -0.15) is 0 Å². The predicted molar refractivity (Wildman–Crippen MR) is 114 cm³/mol. The second kappa shape index (κ2) is 8.84. The maximum Gasteiger partial charge on any atom is 0.274 e. The Bertz CT molecular complexity index is 951. The van der Waals surface area contributed by atoms with Crippen LogP contribution in [0.1, 0.15) is 21.6 Å². The minimum Gasteiger partial charge on any atom is -0.339 e. The lowest BCUT2D eigenvalue weighted by atomic mass is 10.2. The third-order valence-corrected chi connectivity index (χ3v) is 5.07. The molecule has 4 rings (SSSR count). The summed E-state index contributed by atoms with van der Waals surface area (Å²) < 4.78 is 0. The summed E-state index contributed by atoms with van der Waals surface area (Å²) in [7, 11) is 0. The molecule has 0 saturated carbocycles. The number of hydrogen-bond acceptors (Lipinski definition) is 5. The number of carbonyl (C=O) groups is 1. The third-order valence-electron chi connectivity index (χ3n) is 5.07. The van der Waals surface area contributed by atoms with Gasteiger partial charge in [-0.25, -0.2) is 9.97 Å². The summed E-state index contributed by atoms with van der Waals surface area (Å²) in [5.41, 5.74) is 3.81. The molecule has 6 nitrogen and oxygen atoms in total. The van der Waals surface area contributed by atoms with Crippen molar-refractivity contribution in [3.05, 3.63) is 83.8 Å². The van der Waals surface area contributed by atoms with Crippen LogP contribution >= 0.6 is 0 Å². The Morgan fingerprint density at radius 2 is 1.76 bits per heavy atom. The van der Waals surface area contributed by atoms with Crippen molar-refractivity contribution in [2.24, 2.45) is 0 Å². The van der Waals surface area contributed by atoms with E-state index < -0.39 is 0 Å². The predicted octanol–water partition coefficient (Wildman–Crippen LogP) is 3.49. The lowest BCUT2D eigenvalue weighted by Crippen LogP contribution is -2.48. The van der Waals surface area contributed by atoms with Crippen LogP contribution in [0.2, 0.25) is 0 Å². The normalized spacial score (nSPS) is 14.6. The smallest absolute Gasteiger partial charge is 0.274 e. The van der Waals surface area contributed by atoms with Gasteiger partial charge in [0, 0.05) is 38.4 Å². The SMILES string of the molecule is Cc1cccc(Nc2cnc(C(=O)N3CCN(Cc4ccccc4)CC3)cn2)c1. The van der Waals surface area contributed by atoms with Gasteiger partial charge in [0.15, 0.2) is 0 Å². The first-order valence-corrected chi connectivity index (χ1v) is 9.89. The van der Waals surface area contributed by atoms with Gasteiger partial charge in [-0.1, -0.05) is 42.5 Å². The van der Waals surface area contributed by atoms with E-state index in [1.165, 1.54) is 11.1 Å². The second-order valence-corrected chi connectivity index (χ2v) is 7.34. The van der Waals surface area contributed by atoms with Crippen molar-refractivity contribution in [1.82, 2.24) is 19.8 Å². The zero-order valence-electron chi connectivity index (χ0n) is 16.6. The molecule has 29 heavy (non-hydrogen) atoms. The standard InChI is InChI=1S/C23H25N5O/c1-18-6-5-9-20(14-18)26-22-16-24-21(15-25-22)23(29)28-12-10-27(11-13-28)17-19-7-3-2-4-8-19/h2-9,14-16H,10-13,17H2,1H3,(H,25,26). The fourth-order valence-corrected chi connectivity index (χ4v) is 3.49. The van der Waals surface area contributed by atoms with E-state index in [0.717, 1.165) is 25.3 Å². The molecule has 0 aliphatic carbocycles. The van der Waals surface area contributed by atoms with E-state index in [1.54, 1.807) is 12.4 Å². The number of nitrogens with one attached hydrogen (secondary N) is 1. The quantitative estimate of drug-likeness (QED) is 0.726. The maximum absolute atomic E-state index is 12.8. The number of nitrogens with zero attached hydrogens (tertiary/aromatic N) is 4. The number of amides is 1. The van der Waals surface area contributed by atoms with Crippen LogP contribution in [-0.4, -0.2) is 51.9 Å². The molecular weight excluding hydrogens is 362 g/mol. The molecule has 1 N–H and O–H groups in total. The zero-order valence-corrected chi connectivity index (χ0v) is 16.6. The van der Waals surface area contributed by atoms with Crippen molar-refractivity contribution in [3.8, 4) is 0 Å². The largest absolute Gasteiger partial charge is 0.339 e. The first-order chi connectivity index (χ1) is 14.2. The summed E-state index contributed by atoms with van der Waals surface area (Å²) in [6, 6.07) is 18.5. The van der Waals surface area contributed by atoms with E-state index in [9.17, 15) is 4.79 Å². The average molecular weight is 387 g/mol. The maximum atomic E-state index is 12.8. The van der Waals surface area contributed by atoms with Gasteiger partial charge in [-0.05, 0) is 30.2 Å². The topological polar surface area (TPSA) is 61.4 Å². The van der Waals surface area contributed by atoms with Crippen molar-refractivity contribution >= 4 is 17.4 Å². The van der Waals surface area contributed by atoms with E-state index in [-0.39, 0.29) is 5.91 Å². The van der Waals surface area contributed by atoms with Crippen LogP contribution < -0.4 is 5.32 Å². The molecule has 1 aromatic heterocycles. The molecule has 6 heteroatoms. The van der Waals surface area contributed by atoms with Crippen LogP contribution in [0.5, 0.6) is 0 Å². The van der Waals surface area contributed by atoms with Crippen molar-refractivity contribution in [3.63, 3.8) is 0 Å². The number of rotatable bonds is 5. The monoisotopic (exact) mass is 387 g/mol. The van der Waals surface area contributed by atoms with Gasteiger partial charge in [0.05, 0.1) is 12.4 Å². The Morgan fingerprint density at radius 3 is 2.45 bits per heavy atom. The summed E-state index contributed by atoms with van der Waals surface area (Å²) in [4.78, 5) is 25.7. The average Bonchev–Trinajstić information content (AvgIpc) is 2.75. The molecule has 0 bridgehead atoms. The summed E-state index contributed by atoms with van der Waals surface area (Å²) >= 11 is 0. The van der Waals surface area contributed by atoms with Crippen LogP contribution in [0.3, 0.4) is 0 Å². The first kappa shape index (κ1) is 19.1. The molecule has 2 aromatic carbocycles. The van der Waals surface area contributed by atoms with E-state index in [1.807, 2.05) is 42.2 Å². The van der Waals surface area contributed by atoms with Gasteiger partial charge in [0.2, 0.25) is 0 Å². The van der Waals surface area contributed by atoms with Crippen molar-refractivity contribution < 1.29 is 4.79 Å². The molecule has 0 unspecified atom stereocenters. The van der Waals surface area contributed by atoms with Gasteiger partial charge in [-0.3, -0.25) is 9.69 Å². The van der Waals surface area contributed by atoms with Gasteiger partial charge < -0.3 is 10.2 Å². The molecule has 1 saturated heterocycles. The highest BCUT2D eigenvalue weighted by Gasteiger charge is 2.23. The molecule has 1 amide bonds. The fourth-order valence-electron chi connectivity index (χ4n) is 3.49. The van der Waals surface area contributed by atoms with Crippen molar-refractivity contribution in [1.29, 1.82) is 0 Å². The highest BCUT2D eigenvalue weighted by molar-refractivity contribution is 5.92. The molecule has 0 radical (unpaired) electrons. The Labute approximate surface area is 171 Å². The van der Waals surface area contributed by atoms with Crippen LogP contribution in [0.25, 0.3) is 0 Å². The molecule has 1 fully saturated rings. The molecule has 3 aromatic rings. The number of anilines is 2. The highest BCUT2D eigenvalue weighted by Crippen LogP contribution is 2.16. The van der Waals surface area contributed by atoms with Gasteiger partial charge in [0.25, 0.3) is 5.91 Å². The van der Waals surface area contributed by atoms with Crippen LogP contribution in [-0.2, 0) is 6.54 Å². The minimum atomic E-state index is -0.0565. The summed E-state index contributed by atoms with van der Waals surface area (Å²) in [6.45, 7) is 6.09. The van der Waals surface area contributed by atoms with Crippen LogP contribution in [0.15, 0.2) is 67.0 Å². The molecular formula is C23H25N5O. The van der Waals surface area contributed by atoms with Gasteiger partial charge >= 0.3 is 0 Å². The van der Waals surface area contributed by atoms with E-state index in [0.29, 0.717) is 24.6 Å². The number of benzene rings is 2. The van der Waals surface area contributed by atoms with Crippen LogP contribution in [0.4, 0.5) is 11.5 Å². The molecule has 148 valence electrons. The van der Waals surface area contributed by atoms with Crippen molar-refractivity contribution in [2.75, 3.05) is 31.5 Å². The molecule has 1 aliphatic heterocycles. The van der Waals surface area contributed by atoms with Gasteiger partial charge in [0.1, 0.15) is 11.5 Å². The fraction of sp³-hybridized carbons (Fsp3) is 0.261. The third kappa shape index (κ3) is 4.97. The Morgan fingerprint density at radius 1 is 0.966 bits per heavy atom. The lowest BCUT2D eigenvalue weighted by molar-refractivity contribution is 0.0622. The second-order valence-electron chi connectivity index (χ2n) is 7.34. The number of aromatic nitrogens is 2. The number of aryl methyl sites for hydroxylation is 1. The number of hydrogen-bond donors (Lipinski definition) is 1. The molecule has 2 heterocycles. The Kier molecular flexibility index (Phi) is 5.81. The first-order valence-electron chi connectivity index (χ1n) is 9.89. The van der Waals surface area contributed by atoms with Crippen molar-refractivity contribution in [2.45, 2.75) is 13.5 Å². The highest BCUT2D eigenvalue weighted by atomic mass is 16.2. The van der Waals surface area contributed by atoms with Crippen LogP contribution in [0, 0.1) is 6.92 Å². The van der Waals surface area contributed by atoms with Gasteiger partial charge in [-0.15, -0.1) is 0 Å². The number of piperazine rings is 1. The Hall–Kier alpha value is -3.25. The Balaban J connectivity index is 1.32.